The zero-order valence-electron chi connectivity index (χ0n) is 18.8. The molecule has 1 aliphatic carbocycles. The Bertz CT molecular complexity index is 1270. The van der Waals surface area contributed by atoms with Gasteiger partial charge in [-0.15, -0.1) is 10.2 Å². The molecule has 2 amide bonds. The molecule has 14 heteroatoms. The first-order valence-corrected chi connectivity index (χ1v) is 10.8. The van der Waals surface area contributed by atoms with E-state index in [4.69, 9.17) is 9.15 Å². The molecule has 1 aromatic carbocycles. The molecule has 2 bridgehead atoms. The number of rotatable bonds is 5. The van der Waals surface area contributed by atoms with Crippen LogP contribution in [0.3, 0.4) is 0 Å². The van der Waals surface area contributed by atoms with Crippen LogP contribution >= 0.6 is 0 Å². The van der Waals surface area contributed by atoms with Crippen LogP contribution in [-0.2, 0) is 30.1 Å². The number of ether oxygens (including phenoxy) is 1. The second kappa shape index (κ2) is 8.29. The van der Waals surface area contributed by atoms with Crippen LogP contribution < -0.4 is 5.32 Å². The third kappa shape index (κ3) is 3.90. The summed E-state index contributed by atoms with van der Waals surface area (Å²) in [5, 5.41) is 14.4. The van der Waals surface area contributed by atoms with Crippen molar-refractivity contribution in [3.8, 4) is 11.4 Å². The first-order chi connectivity index (χ1) is 16.6. The lowest BCUT2D eigenvalue weighted by molar-refractivity contribution is -0.137. The molecule has 1 saturated heterocycles. The van der Waals surface area contributed by atoms with Gasteiger partial charge in [0, 0.05) is 32.2 Å². The van der Waals surface area contributed by atoms with Crippen LogP contribution in [-0.4, -0.2) is 49.0 Å². The maximum atomic E-state index is 14.8. The zero-order chi connectivity index (χ0) is 25.0. The summed E-state index contributed by atoms with van der Waals surface area (Å²) in [5.74, 6) is -0.969. The number of urea groups is 1. The summed E-state index contributed by atoms with van der Waals surface area (Å²) < 4.78 is 67.5. The quantitative estimate of drug-likeness (QED) is 0.535. The van der Waals surface area contributed by atoms with E-state index in [0.717, 1.165) is 18.9 Å². The highest BCUT2D eigenvalue weighted by Crippen LogP contribution is 2.54. The van der Waals surface area contributed by atoms with Gasteiger partial charge in [-0.1, -0.05) is 0 Å². The summed E-state index contributed by atoms with van der Waals surface area (Å²) in [6, 6.07) is 0.419. The largest absolute Gasteiger partial charge is 0.420 e. The topological polar surface area (TPSA) is 111 Å². The number of hydrogen-bond donors (Lipinski definition) is 1. The van der Waals surface area contributed by atoms with Gasteiger partial charge in [0.05, 0.1) is 11.3 Å². The van der Waals surface area contributed by atoms with Crippen molar-refractivity contribution in [3.05, 3.63) is 41.6 Å². The fourth-order valence-corrected chi connectivity index (χ4v) is 4.91. The Morgan fingerprint density at radius 2 is 2.14 bits per heavy atom. The number of nitrogens with one attached hydrogen (secondary N) is 1. The van der Waals surface area contributed by atoms with E-state index in [9.17, 15) is 22.4 Å². The highest BCUT2D eigenvalue weighted by Gasteiger charge is 2.60. The minimum Gasteiger partial charge on any atom is -0.420 e. The van der Waals surface area contributed by atoms with Gasteiger partial charge in [-0.3, -0.25) is 4.68 Å². The van der Waals surface area contributed by atoms with Crippen LogP contribution in [0.5, 0.6) is 0 Å². The normalized spacial score (nSPS) is 21.7. The summed E-state index contributed by atoms with van der Waals surface area (Å²) >= 11 is 0. The predicted octanol–water partition coefficient (Wildman–Crippen LogP) is 3.86. The number of carbonyl (C=O) groups excluding carboxylic acids is 1. The van der Waals surface area contributed by atoms with Crippen molar-refractivity contribution in [1.82, 2.24) is 29.9 Å². The molecule has 5 rings (SSSR count). The molecule has 1 N–H and O–H groups in total. The fraction of sp³-hybridized carbons (Fsp3) is 0.476. The number of carbonyl (C=O) groups is 1. The van der Waals surface area contributed by atoms with Gasteiger partial charge in [0.15, 0.2) is 5.82 Å². The van der Waals surface area contributed by atoms with Gasteiger partial charge in [-0.05, 0) is 31.4 Å². The number of fused-ring (bicyclic) bond motifs is 2. The predicted molar refractivity (Wildman–Crippen MR) is 111 cm³/mol. The van der Waals surface area contributed by atoms with E-state index in [0.29, 0.717) is 18.9 Å². The highest BCUT2D eigenvalue weighted by molar-refractivity contribution is 5.92. The van der Waals surface area contributed by atoms with Gasteiger partial charge in [-0.2, -0.15) is 18.3 Å². The monoisotopic (exact) mass is 495 g/mol. The molecule has 35 heavy (non-hydrogen) atoms. The third-order valence-corrected chi connectivity index (χ3v) is 6.37. The van der Waals surface area contributed by atoms with E-state index < -0.39 is 40.4 Å². The van der Waals surface area contributed by atoms with Crippen molar-refractivity contribution in [1.29, 1.82) is 0 Å². The lowest BCUT2D eigenvalue weighted by Crippen LogP contribution is -2.69. The molecule has 3 heterocycles. The van der Waals surface area contributed by atoms with Crippen LogP contribution in [0.25, 0.3) is 11.4 Å². The lowest BCUT2D eigenvalue weighted by Gasteiger charge is -2.59. The van der Waals surface area contributed by atoms with E-state index in [1.54, 1.807) is 0 Å². The van der Waals surface area contributed by atoms with E-state index in [-0.39, 0.29) is 30.3 Å². The minimum absolute atomic E-state index is 0.111. The molecule has 1 saturated carbocycles. The number of aryl methyl sites for hydroxylation is 1. The van der Waals surface area contributed by atoms with Crippen LogP contribution in [0.15, 0.2) is 22.9 Å². The van der Waals surface area contributed by atoms with Crippen LogP contribution in [0.4, 0.5) is 28.0 Å². The van der Waals surface area contributed by atoms with Crippen molar-refractivity contribution in [2.24, 2.45) is 7.05 Å². The summed E-state index contributed by atoms with van der Waals surface area (Å²) in [6.45, 7) is 0.111. The molecule has 2 aromatic heterocycles. The highest BCUT2D eigenvalue weighted by atomic mass is 19.4. The van der Waals surface area contributed by atoms with E-state index >= 15 is 0 Å². The molecular weight excluding hydrogens is 474 g/mol. The average Bonchev–Trinajstić information content (AvgIpc) is 3.44. The average molecular weight is 495 g/mol. The maximum absolute atomic E-state index is 14.8. The Hall–Kier alpha value is -3.55. The second-order valence-electron chi connectivity index (χ2n) is 8.63. The molecule has 1 aliphatic heterocycles. The summed E-state index contributed by atoms with van der Waals surface area (Å²) in [7, 11) is 2.98. The molecule has 0 spiro atoms. The number of hydrogen-bond acceptors (Lipinski definition) is 7. The number of alkyl halides is 3. The smallest absolute Gasteiger partial charge is 0.417 e. The first-order valence-electron chi connectivity index (χ1n) is 10.8. The fourth-order valence-electron chi connectivity index (χ4n) is 4.91. The number of likely N-dealkylation sites (tertiary alicyclic amines) is 1. The van der Waals surface area contributed by atoms with Crippen LogP contribution in [0.2, 0.25) is 0 Å². The van der Waals surface area contributed by atoms with E-state index in [1.807, 2.05) is 0 Å². The third-order valence-electron chi connectivity index (χ3n) is 6.37. The number of amides is 2. The van der Waals surface area contributed by atoms with Crippen molar-refractivity contribution in [2.75, 3.05) is 12.4 Å². The minimum atomic E-state index is -4.85. The number of benzene rings is 1. The standard InChI is InChI=1S/C21H21F4N7O3/c1-31-10-26-17(30-31)12-6-15(14(22)7-13(12)21(23,24)25)27-19(33)32-11-4-3-5-20(32,8-11)18-29-28-16(35-18)9-34-2/h6-7,10-11H,3-5,8-9H2,1-2H3,(H,27,33). The lowest BCUT2D eigenvalue weighted by atomic mass is 9.68. The number of anilines is 1. The molecule has 186 valence electrons. The van der Waals surface area contributed by atoms with Gasteiger partial charge in [0.25, 0.3) is 0 Å². The Labute approximate surface area is 196 Å². The molecule has 2 fully saturated rings. The first kappa shape index (κ1) is 23.2. The SMILES string of the molecule is COCc1nnc(C23CCCC(C2)N3C(=O)Nc2cc(-c3ncn(C)n3)c(C(F)(F)F)cc2F)o1. The Morgan fingerprint density at radius 3 is 2.80 bits per heavy atom. The number of aromatic nitrogens is 5. The molecule has 2 atom stereocenters. The van der Waals surface area contributed by atoms with Gasteiger partial charge in [0.2, 0.25) is 11.8 Å². The molecule has 10 nitrogen and oxygen atoms in total. The van der Waals surface area contributed by atoms with Crippen molar-refractivity contribution in [3.63, 3.8) is 0 Å². The van der Waals surface area contributed by atoms with Gasteiger partial charge >= 0.3 is 12.2 Å². The summed E-state index contributed by atoms with van der Waals surface area (Å²) in [6.07, 6.45) is -0.927. The Kier molecular flexibility index (Phi) is 5.49. The molecular formula is C21H21F4N7O3. The van der Waals surface area contributed by atoms with Gasteiger partial charge < -0.3 is 19.4 Å². The number of halogens is 4. The maximum Gasteiger partial charge on any atom is 0.417 e. The van der Waals surface area contributed by atoms with Crippen LogP contribution in [0, 0.1) is 5.82 Å². The number of piperidine rings is 1. The molecule has 3 aromatic rings. The Balaban J connectivity index is 1.47. The van der Waals surface area contributed by atoms with Crippen LogP contribution in [0.1, 0.15) is 43.0 Å². The molecule has 2 unspecified atom stereocenters. The van der Waals surface area contributed by atoms with Gasteiger partial charge in [-0.25, -0.2) is 14.2 Å². The molecule has 2 aliphatic rings. The molecule has 0 radical (unpaired) electrons. The van der Waals surface area contributed by atoms with Gasteiger partial charge in [0.1, 0.15) is 24.3 Å². The van der Waals surface area contributed by atoms with Crippen molar-refractivity contribution >= 4 is 11.7 Å². The summed E-state index contributed by atoms with van der Waals surface area (Å²) in [4.78, 5) is 18.6. The second-order valence-corrected chi connectivity index (χ2v) is 8.63. The Morgan fingerprint density at radius 1 is 1.34 bits per heavy atom. The summed E-state index contributed by atoms with van der Waals surface area (Å²) in [5.41, 5.74) is -2.97. The number of nitrogens with zero attached hydrogens (tertiary/aromatic N) is 6. The van der Waals surface area contributed by atoms with Crippen molar-refractivity contribution in [2.45, 2.75) is 50.0 Å². The number of methoxy groups -OCH3 is 1. The zero-order valence-corrected chi connectivity index (χ0v) is 18.8. The van der Waals surface area contributed by atoms with E-state index in [1.165, 1.54) is 30.1 Å². The van der Waals surface area contributed by atoms with Crippen molar-refractivity contribution < 1.29 is 31.5 Å². The van der Waals surface area contributed by atoms with E-state index in [2.05, 4.69) is 25.6 Å².